The van der Waals surface area contributed by atoms with Crippen molar-refractivity contribution >= 4 is 32.3 Å². The highest BCUT2D eigenvalue weighted by atomic mass is 127. The minimum Gasteiger partial charge on any atom is -0.497 e. The van der Waals surface area contributed by atoms with Crippen LogP contribution in [0.25, 0.3) is 0 Å². The molecule has 3 saturated carbocycles. The Morgan fingerprint density at radius 1 is 1.25 bits per heavy atom. The van der Waals surface area contributed by atoms with Gasteiger partial charge in [0.1, 0.15) is 5.75 Å². The number of halogens is 1. The van der Waals surface area contributed by atoms with Crippen LogP contribution in [0.15, 0.2) is 48.1 Å². The van der Waals surface area contributed by atoms with E-state index in [-0.39, 0.29) is 15.6 Å². The van der Waals surface area contributed by atoms with Crippen molar-refractivity contribution in [1.82, 2.24) is 5.32 Å². The van der Waals surface area contributed by atoms with Gasteiger partial charge in [0.2, 0.25) is 9.70 Å². The molecule has 4 aliphatic carbocycles. The van der Waals surface area contributed by atoms with Crippen molar-refractivity contribution in [3.8, 4) is 5.75 Å². The Hall–Kier alpha value is -1.75. The first kappa shape index (κ1) is 25.9. The number of allylic oxidation sites excluding steroid dienone is 1. The van der Waals surface area contributed by atoms with Crippen molar-refractivity contribution in [2.75, 3.05) is 13.7 Å². The maximum atomic E-state index is 14.0. The molecular formula is C28H34INO6. The van der Waals surface area contributed by atoms with Gasteiger partial charge in [-0.1, -0.05) is 30.4 Å². The molecule has 0 aromatic heterocycles. The molecule has 0 aliphatic heterocycles. The number of hydrogen-bond acceptors (Lipinski definition) is 6. The molecule has 8 heteroatoms. The van der Waals surface area contributed by atoms with Crippen molar-refractivity contribution in [3.63, 3.8) is 0 Å². The summed E-state index contributed by atoms with van der Waals surface area (Å²) in [5, 5.41) is 36.3. The highest BCUT2D eigenvalue weighted by Gasteiger charge is 2.73. The van der Waals surface area contributed by atoms with Crippen molar-refractivity contribution < 1.29 is 29.6 Å². The second kappa shape index (κ2) is 8.92. The summed E-state index contributed by atoms with van der Waals surface area (Å²) in [6.07, 6.45) is 1.92. The number of methoxy groups -OCH3 is 1. The Morgan fingerprint density at radius 3 is 2.58 bits per heavy atom. The molecule has 4 aliphatic rings. The maximum absolute atomic E-state index is 14.0. The highest BCUT2D eigenvalue weighted by molar-refractivity contribution is 14.1. The Labute approximate surface area is 225 Å². The Balaban J connectivity index is 1.50. The summed E-state index contributed by atoms with van der Waals surface area (Å²) in [5.41, 5.74) is -0.258. The second-order valence-electron chi connectivity index (χ2n) is 11.3. The van der Waals surface area contributed by atoms with E-state index < -0.39 is 40.5 Å². The standard InChI is InChI=1S/C28H34INO6/c1-15-13-27-14-28(15,35)10-8-19(27)18-12-20(31)23(32)26(2,25(29)34)21(18)22(27)24(33)30-11-9-16-4-6-17(36-3)7-5-16/h4-7,12,19-23,31-32,35H,1,8-11,13-14H2,2-3H3,(H,30,33)/t19-,20+,21?,22+,23-,26-,27-,28-/m0/s1. The summed E-state index contributed by atoms with van der Waals surface area (Å²) in [5.74, 6) is -0.642. The lowest BCUT2D eigenvalue weighted by Gasteiger charge is -2.45. The number of nitrogens with one attached hydrogen (secondary N) is 1. The molecule has 4 N–H and O–H groups in total. The van der Waals surface area contributed by atoms with Gasteiger partial charge in [-0.2, -0.15) is 0 Å². The number of ether oxygens (including phenoxy) is 1. The first-order chi connectivity index (χ1) is 17.0. The van der Waals surface area contributed by atoms with Crippen molar-refractivity contribution in [2.24, 2.45) is 28.6 Å². The van der Waals surface area contributed by atoms with Crippen LogP contribution < -0.4 is 10.1 Å². The highest BCUT2D eigenvalue weighted by Crippen LogP contribution is 2.73. The van der Waals surface area contributed by atoms with Crippen LogP contribution in [0.3, 0.4) is 0 Å². The van der Waals surface area contributed by atoms with Crippen molar-refractivity contribution in [3.05, 3.63) is 53.6 Å². The largest absolute Gasteiger partial charge is 0.497 e. The molecule has 1 unspecified atom stereocenters. The molecule has 0 radical (unpaired) electrons. The van der Waals surface area contributed by atoms with E-state index in [2.05, 4.69) is 11.9 Å². The fourth-order valence-electron chi connectivity index (χ4n) is 7.77. The molecule has 1 aromatic carbocycles. The number of fused-ring (bicyclic) bond motifs is 3. The fraction of sp³-hybridized carbons (Fsp3) is 0.571. The summed E-state index contributed by atoms with van der Waals surface area (Å²) < 4.78 is 4.93. The number of carbonyl (C=O) groups is 2. The number of rotatable bonds is 6. The summed E-state index contributed by atoms with van der Waals surface area (Å²) in [7, 11) is 1.62. The Bertz CT molecular complexity index is 1130. The van der Waals surface area contributed by atoms with Gasteiger partial charge in [0.05, 0.1) is 36.3 Å². The first-order valence-corrected chi connectivity index (χ1v) is 13.6. The van der Waals surface area contributed by atoms with Gasteiger partial charge >= 0.3 is 0 Å². The summed E-state index contributed by atoms with van der Waals surface area (Å²) in [4.78, 5) is 27.1. The van der Waals surface area contributed by atoms with Gasteiger partial charge in [0.25, 0.3) is 0 Å². The third-order valence-corrected chi connectivity index (χ3v) is 10.8. The Morgan fingerprint density at radius 2 is 1.94 bits per heavy atom. The molecule has 36 heavy (non-hydrogen) atoms. The lowest BCUT2D eigenvalue weighted by Crippen LogP contribution is -2.56. The predicted octanol–water partition coefficient (Wildman–Crippen LogP) is 2.71. The lowest BCUT2D eigenvalue weighted by molar-refractivity contribution is -0.145. The van der Waals surface area contributed by atoms with E-state index >= 15 is 0 Å². The molecule has 3 fully saturated rings. The summed E-state index contributed by atoms with van der Waals surface area (Å²) >= 11 is 1.70. The molecule has 194 valence electrons. The van der Waals surface area contributed by atoms with Crippen LogP contribution in [0, 0.1) is 28.6 Å². The molecular weight excluding hydrogens is 573 g/mol. The molecule has 8 atom stereocenters. The number of aliphatic hydroxyl groups is 3. The van der Waals surface area contributed by atoms with E-state index in [4.69, 9.17) is 4.74 Å². The average Bonchev–Trinajstić information content (AvgIpc) is 3.22. The minimum atomic E-state index is -1.32. The van der Waals surface area contributed by atoms with Crippen molar-refractivity contribution in [2.45, 2.75) is 56.8 Å². The van der Waals surface area contributed by atoms with Crippen LogP contribution >= 0.6 is 22.6 Å². The van der Waals surface area contributed by atoms with Crippen LogP contribution in [0.4, 0.5) is 0 Å². The van der Waals surface area contributed by atoms with Crippen molar-refractivity contribution in [1.29, 1.82) is 0 Å². The van der Waals surface area contributed by atoms with E-state index in [9.17, 15) is 24.9 Å². The molecule has 1 aromatic rings. The van der Waals surface area contributed by atoms with Gasteiger partial charge in [-0.15, -0.1) is 0 Å². The minimum absolute atomic E-state index is 0.0587. The normalized spacial score (nSPS) is 40.8. The van der Waals surface area contributed by atoms with Gasteiger partial charge in [-0.25, -0.2) is 0 Å². The number of carbonyl (C=O) groups excluding carboxylic acids is 2. The molecule has 5 rings (SSSR count). The maximum Gasteiger partial charge on any atom is 0.224 e. The van der Waals surface area contributed by atoms with E-state index in [1.54, 1.807) is 42.7 Å². The molecule has 0 saturated heterocycles. The fourth-order valence-corrected chi connectivity index (χ4v) is 8.43. The van der Waals surface area contributed by atoms with Crippen LogP contribution in [-0.2, 0) is 16.0 Å². The smallest absolute Gasteiger partial charge is 0.224 e. The monoisotopic (exact) mass is 607 g/mol. The predicted molar refractivity (Wildman–Crippen MR) is 142 cm³/mol. The molecule has 7 nitrogen and oxygen atoms in total. The van der Waals surface area contributed by atoms with E-state index in [0.29, 0.717) is 38.6 Å². The zero-order valence-electron chi connectivity index (χ0n) is 20.7. The average molecular weight is 607 g/mol. The topological polar surface area (TPSA) is 116 Å². The lowest BCUT2D eigenvalue weighted by atomic mass is 9.60. The zero-order valence-corrected chi connectivity index (χ0v) is 22.8. The third kappa shape index (κ3) is 3.62. The van der Waals surface area contributed by atoms with Crippen LogP contribution in [0.1, 0.15) is 38.2 Å². The van der Waals surface area contributed by atoms with Gasteiger partial charge in [-0.3, -0.25) is 9.59 Å². The van der Waals surface area contributed by atoms with Gasteiger partial charge in [0, 0.05) is 35.1 Å². The molecule has 1 amide bonds. The number of amides is 1. The van der Waals surface area contributed by atoms with E-state index in [1.807, 2.05) is 24.3 Å². The summed E-state index contributed by atoms with van der Waals surface area (Å²) in [6.45, 7) is 6.27. The van der Waals surface area contributed by atoms with Crippen LogP contribution in [-0.4, -0.2) is 56.5 Å². The zero-order chi connectivity index (χ0) is 26.0. The number of aliphatic hydroxyl groups excluding tert-OH is 2. The van der Waals surface area contributed by atoms with Gasteiger partial charge in [-0.05, 0) is 73.6 Å². The SMILES string of the molecule is C=C1C[C@]23C[C@@]1(O)CC[C@H]2C1=C[C@@H](O)[C@H](O)[C@@](C)(C(=O)I)C1[C@@H]3C(=O)NCCc1ccc(OC)cc1. The summed E-state index contributed by atoms with van der Waals surface area (Å²) in [6, 6.07) is 7.69. The van der Waals surface area contributed by atoms with Crippen LogP contribution in [0.2, 0.25) is 0 Å². The van der Waals surface area contributed by atoms with E-state index in [0.717, 1.165) is 22.5 Å². The number of benzene rings is 1. The van der Waals surface area contributed by atoms with Gasteiger partial charge in [0.15, 0.2) is 0 Å². The van der Waals surface area contributed by atoms with Crippen LogP contribution in [0.5, 0.6) is 5.75 Å². The molecule has 2 bridgehead atoms. The molecule has 0 heterocycles. The third-order valence-electron chi connectivity index (χ3n) is 9.60. The first-order valence-electron chi connectivity index (χ1n) is 12.6. The second-order valence-corrected chi connectivity index (χ2v) is 12.3. The molecule has 1 spiro atoms. The van der Waals surface area contributed by atoms with E-state index in [1.165, 1.54) is 0 Å². The Kier molecular flexibility index (Phi) is 6.42. The van der Waals surface area contributed by atoms with Gasteiger partial charge < -0.3 is 25.4 Å². The number of hydrogen-bond donors (Lipinski definition) is 4. The quantitative estimate of drug-likeness (QED) is 0.225.